The van der Waals surface area contributed by atoms with Crippen LogP contribution < -0.4 is 10.0 Å². The Bertz CT molecular complexity index is 825. The fraction of sp³-hybridized carbons (Fsp3) is 0.682. The van der Waals surface area contributed by atoms with Crippen LogP contribution in [-0.2, 0) is 15.6 Å². The summed E-state index contributed by atoms with van der Waals surface area (Å²) in [4.78, 5) is 15.1. The maximum atomic E-state index is 13.5. The van der Waals surface area contributed by atoms with Gasteiger partial charge in [-0.2, -0.15) is 0 Å². The minimum Gasteiger partial charge on any atom is -0.328 e. The molecule has 2 fully saturated rings. The molecule has 30 heavy (non-hydrogen) atoms. The molecule has 3 rings (SSSR count). The average Bonchev–Trinajstić information content (AvgIpc) is 2.71. The third kappa shape index (κ3) is 5.72. The lowest BCUT2D eigenvalue weighted by Crippen LogP contribution is -2.61. The molecule has 2 amide bonds. The first-order valence-electron chi connectivity index (χ1n) is 11.0. The van der Waals surface area contributed by atoms with Crippen molar-refractivity contribution in [1.29, 1.82) is 0 Å². The summed E-state index contributed by atoms with van der Waals surface area (Å²) in [7, 11) is -3.26. The highest BCUT2D eigenvalue weighted by Crippen LogP contribution is 2.36. The fourth-order valence-electron chi connectivity index (χ4n) is 4.98. The van der Waals surface area contributed by atoms with Crippen molar-refractivity contribution in [2.24, 2.45) is 5.92 Å². The molecule has 1 aromatic rings. The van der Waals surface area contributed by atoms with Crippen LogP contribution >= 0.6 is 0 Å². The second kappa shape index (κ2) is 9.64. The highest BCUT2D eigenvalue weighted by molar-refractivity contribution is 7.88. The maximum absolute atomic E-state index is 13.5. The number of sulfonamides is 1. The Hall–Kier alpha value is -1.67. The van der Waals surface area contributed by atoms with E-state index in [-0.39, 0.29) is 17.9 Å². The SMILES string of the molecule is CC(C1CCCCC1)N1CCC(CCCNS(C)(=O)=O)(c2ccc(F)cc2)NC1=O. The summed E-state index contributed by atoms with van der Waals surface area (Å²) in [6.45, 7) is 3.09. The number of amides is 2. The minimum atomic E-state index is -3.26. The van der Waals surface area contributed by atoms with Gasteiger partial charge in [0.2, 0.25) is 10.0 Å². The predicted octanol–water partition coefficient (Wildman–Crippen LogP) is 3.73. The molecular weight excluding hydrogens is 405 g/mol. The van der Waals surface area contributed by atoms with Crippen LogP contribution in [-0.4, -0.2) is 44.7 Å². The van der Waals surface area contributed by atoms with Crippen molar-refractivity contribution in [2.45, 2.75) is 69.9 Å². The molecule has 0 spiro atoms. The van der Waals surface area contributed by atoms with E-state index in [1.165, 1.54) is 44.2 Å². The molecule has 1 aliphatic carbocycles. The number of nitrogens with zero attached hydrogens (tertiary/aromatic N) is 1. The van der Waals surface area contributed by atoms with E-state index < -0.39 is 15.6 Å². The quantitative estimate of drug-likeness (QED) is 0.606. The topological polar surface area (TPSA) is 78.5 Å². The highest BCUT2D eigenvalue weighted by Gasteiger charge is 2.41. The van der Waals surface area contributed by atoms with Crippen LogP contribution in [0.4, 0.5) is 9.18 Å². The lowest BCUT2D eigenvalue weighted by molar-refractivity contribution is 0.0927. The summed E-state index contributed by atoms with van der Waals surface area (Å²) in [6.07, 6.45) is 9.09. The van der Waals surface area contributed by atoms with Gasteiger partial charge in [-0.25, -0.2) is 22.3 Å². The first kappa shape index (κ1) is 23.0. The van der Waals surface area contributed by atoms with Crippen molar-refractivity contribution < 1.29 is 17.6 Å². The van der Waals surface area contributed by atoms with Crippen LogP contribution in [0.2, 0.25) is 0 Å². The Morgan fingerprint density at radius 2 is 1.90 bits per heavy atom. The van der Waals surface area contributed by atoms with Gasteiger partial charge in [0, 0.05) is 19.1 Å². The molecule has 1 saturated heterocycles. The van der Waals surface area contributed by atoms with Gasteiger partial charge < -0.3 is 10.2 Å². The van der Waals surface area contributed by atoms with E-state index in [0.717, 1.165) is 11.8 Å². The summed E-state index contributed by atoms with van der Waals surface area (Å²) in [5, 5.41) is 3.22. The summed E-state index contributed by atoms with van der Waals surface area (Å²) in [5.41, 5.74) is 0.244. The Morgan fingerprint density at radius 3 is 2.50 bits per heavy atom. The molecule has 6 nitrogen and oxygen atoms in total. The van der Waals surface area contributed by atoms with Crippen LogP contribution in [0.3, 0.4) is 0 Å². The molecule has 2 aliphatic rings. The zero-order valence-electron chi connectivity index (χ0n) is 18.0. The van der Waals surface area contributed by atoms with E-state index >= 15 is 0 Å². The number of nitrogens with one attached hydrogen (secondary N) is 2. The van der Waals surface area contributed by atoms with Gasteiger partial charge in [0.1, 0.15) is 5.82 Å². The van der Waals surface area contributed by atoms with Crippen molar-refractivity contribution in [1.82, 2.24) is 14.9 Å². The van der Waals surface area contributed by atoms with Crippen molar-refractivity contribution >= 4 is 16.1 Å². The first-order chi connectivity index (χ1) is 14.2. The third-order valence-corrected chi connectivity index (χ3v) is 7.48. The van der Waals surface area contributed by atoms with Gasteiger partial charge in [-0.15, -0.1) is 0 Å². The lowest BCUT2D eigenvalue weighted by atomic mass is 9.79. The number of halogens is 1. The molecule has 8 heteroatoms. The van der Waals surface area contributed by atoms with Crippen LogP contribution in [0.25, 0.3) is 0 Å². The molecule has 168 valence electrons. The fourth-order valence-corrected chi connectivity index (χ4v) is 5.49. The Morgan fingerprint density at radius 1 is 1.23 bits per heavy atom. The van der Waals surface area contributed by atoms with Gasteiger partial charge in [0.25, 0.3) is 0 Å². The first-order valence-corrected chi connectivity index (χ1v) is 12.9. The highest BCUT2D eigenvalue weighted by atomic mass is 32.2. The summed E-state index contributed by atoms with van der Waals surface area (Å²) in [6, 6.07) is 6.38. The largest absolute Gasteiger partial charge is 0.328 e. The van der Waals surface area contributed by atoms with E-state index in [1.807, 2.05) is 4.90 Å². The van der Waals surface area contributed by atoms with E-state index in [0.29, 0.717) is 38.3 Å². The molecule has 1 saturated carbocycles. The second-order valence-corrected chi connectivity index (χ2v) is 10.7. The van der Waals surface area contributed by atoms with Crippen molar-refractivity contribution in [3.8, 4) is 0 Å². The minimum absolute atomic E-state index is 0.0836. The van der Waals surface area contributed by atoms with Gasteiger partial charge in [-0.1, -0.05) is 31.4 Å². The normalized spacial score (nSPS) is 24.5. The molecule has 0 aromatic heterocycles. The Balaban J connectivity index is 1.73. The number of carbonyl (C=O) groups is 1. The number of rotatable bonds is 8. The number of urea groups is 1. The molecule has 2 atom stereocenters. The molecule has 1 heterocycles. The van der Waals surface area contributed by atoms with E-state index in [1.54, 1.807) is 12.1 Å². The van der Waals surface area contributed by atoms with Gasteiger partial charge in [-0.3, -0.25) is 0 Å². The molecule has 2 N–H and O–H groups in total. The van der Waals surface area contributed by atoms with Crippen LogP contribution in [0.5, 0.6) is 0 Å². The zero-order valence-corrected chi connectivity index (χ0v) is 18.8. The van der Waals surface area contributed by atoms with Gasteiger partial charge in [-0.05, 0) is 62.6 Å². The van der Waals surface area contributed by atoms with Crippen LogP contribution in [0.15, 0.2) is 24.3 Å². The average molecular weight is 440 g/mol. The van der Waals surface area contributed by atoms with E-state index in [2.05, 4.69) is 17.0 Å². The summed E-state index contributed by atoms with van der Waals surface area (Å²) < 4.78 is 38.7. The second-order valence-electron chi connectivity index (χ2n) is 8.87. The van der Waals surface area contributed by atoms with Gasteiger partial charge in [0.05, 0.1) is 11.8 Å². The van der Waals surface area contributed by atoms with E-state index in [4.69, 9.17) is 0 Å². The number of carbonyl (C=O) groups excluding carboxylic acids is 1. The molecule has 1 aliphatic heterocycles. The monoisotopic (exact) mass is 439 g/mol. The van der Waals surface area contributed by atoms with Gasteiger partial charge >= 0.3 is 6.03 Å². The Labute approximate surface area is 179 Å². The predicted molar refractivity (Wildman–Crippen MR) is 116 cm³/mol. The van der Waals surface area contributed by atoms with Crippen molar-refractivity contribution in [3.05, 3.63) is 35.6 Å². The maximum Gasteiger partial charge on any atom is 0.318 e. The molecule has 0 radical (unpaired) electrons. The molecular formula is C22H34FN3O3S. The number of hydrogen-bond acceptors (Lipinski definition) is 3. The molecule has 0 bridgehead atoms. The number of hydrogen-bond donors (Lipinski definition) is 2. The lowest BCUT2D eigenvalue weighted by Gasteiger charge is -2.47. The molecule has 2 unspecified atom stereocenters. The van der Waals surface area contributed by atoms with Crippen molar-refractivity contribution in [2.75, 3.05) is 19.3 Å². The standard InChI is InChI=1S/C22H34FN3O3S/c1-17(18-7-4-3-5-8-18)26-16-14-22(25-21(26)27,13-6-15-24-30(2,28)29)19-9-11-20(23)12-10-19/h9-12,17-18,24H,3-8,13-16H2,1-2H3,(H,25,27). The summed E-state index contributed by atoms with van der Waals surface area (Å²) >= 11 is 0. The number of benzene rings is 1. The summed E-state index contributed by atoms with van der Waals surface area (Å²) in [5.74, 6) is 0.226. The Kier molecular flexibility index (Phi) is 7.39. The zero-order chi connectivity index (χ0) is 21.8. The van der Waals surface area contributed by atoms with Crippen LogP contribution in [0, 0.1) is 11.7 Å². The van der Waals surface area contributed by atoms with Crippen LogP contribution in [0.1, 0.15) is 63.9 Å². The van der Waals surface area contributed by atoms with E-state index in [9.17, 15) is 17.6 Å². The van der Waals surface area contributed by atoms with Crippen molar-refractivity contribution in [3.63, 3.8) is 0 Å². The van der Waals surface area contributed by atoms with Gasteiger partial charge in [0.15, 0.2) is 0 Å². The molecule has 1 aromatic carbocycles. The smallest absolute Gasteiger partial charge is 0.318 e. The third-order valence-electron chi connectivity index (χ3n) is 6.75.